The Morgan fingerprint density at radius 2 is 1.83 bits per heavy atom. The van der Waals surface area contributed by atoms with Gasteiger partial charge in [0.25, 0.3) is 0 Å². The number of rotatable bonds is 1. The summed E-state index contributed by atoms with van der Waals surface area (Å²) in [5, 5.41) is 0. The van der Waals surface area contributed by atoms with Crippen molar-refractivity contribution < 1.29 is 4.79 Å². The molecule has 0 saturated heterocycles. The van der Waals surface area contributed by atoms with Gasteiger partial charge >= 0.3 is 0 Å². The molecule has 0 aromatic heterocycles. The minimum Gasteiger partial charge on any atom is -0.307 e. The summed E-state index contributed by atoms with van der Waals surface area (Å²) in [5.74, 6) is 0.575. The Labute approximate surface area is 138 Å². The Bertz CT molecular complexity index is 662. The van der Waals surface area contributed by atoms with E-state index < -0.39 is 0 Å². The first kappa shape index (κ1) is 14.7. The lowest BCUT2D eigenvalue weighted by Gasteiger charge is -2.28. The van der Waals surface area contributed by atoms with Crippen molar-refractivity contribution in [2.45, 2.75) is 51.4 Å². The Morgan fingerprint density at radius 3 is 2.65 bits per heavy atom. The van der Waals surface area contributed by atoms with Gasteiger partial charge in [0.1, 0.15) is 0 Å². The molecular formula is C21H25NO. The van der Waals surface area contributed by atoms with Crippen LogP contribution < -0.4 is 4.90 Å². The highest BCUT2D eigenvalue weighted by Gasteiger charge is 2.30. The van der Waals surface area contributed by atoms with Crippen molar-refractivity contribution >= 4 is 11.6 Å². The molecule has 120 valence electrons. The fourth-order valence-electron chi connectivity index (χ4n) is 4.29. The second-order valence-corrected chi connectivity index (χ2v) is 7.15. The third kappa shape index (κ3) is 2.87. The SMILES string of the molecule is O=C(C1CCCCCC1)N1CC2=C(CC=C2)Cc2ccccc21. The fourth-order valence-corrected chi connectivity index (χ4v) is 4.29. The molecule has 0 N–H and O–H groups in total. The quantitative estimate of drug-likeness (QED) is 0.682. The predicted molar refractivity (Wildman–Crippen MR) is 94.5 cm³/mol. The molecule has 3 aliphatic rings. The third-order valence-corrected chi connectivity index (χ3v) is 5.62. The van der Waals surface area contributed by atoms with E-state index in [1.54, 1.807) is 0 Å². The minimum atomic E-state index is 0.220. The summed E-state index contributed by atoms with van der Waals surface area (Å²) in [7, 11) is 0. The van der Waals surface area contributed by atoms with E-state index in [-0.39, 0.29) is 5.92 Å². The summed E-state index contributed by atoms with van der Waals surface area (Å²) < 4.78 is 0. The first-order chi connectivity index (χ1) is 11.3. The lowest BCUT2D eigenvalue weighted by atomic mass is 9.97. The molecule has 2 heteroatoms. The maximum absolute atomic E-state index is 13.3. The molecule has 1 saturated carbocycles. The molecule has 1 heterocycles. The van der Waals surface area contributed by atoms with Crippen LogP contribution in [0.4, 0.5) is 5.69 Å². The maximum Gasteiger partial charge on any atom is 0.230 e. The van der Waals surface area contributed by atoms with E-state index >= 15 is 0 Å². The van der Waals surface area contributed by atoms with E-state index in [9.17, 15) is 4.79 Å². The Balaban J connectivity index is 1.67. The summed E-state index contributed by atoms with van der Waals surface area (Å²) in [6, 6.07) is 8.49. The van der Waals surface area contributed by atoms with Crippen molar-refractivity contribution in [3.05, 3.63) is 53.1 Å². The normalized spacial score (nSPS) is 21.7. The van der Waals surface area contributed by atoms with Gasteiger partial charge in [-0.3, -0.25) is 4.79 Å². The number of benzene rings is 1. The van der Waals surface area contributed by atoms with Gasteiger partial charge < -0.3 is 4.90 Å². The molecule has 23 heavy (non-hydrogen) atoms. The van der Waals surface area contributed by atoms with Crippen molar-refractivity contribution in [2.75, 3.05) is 11.4 Å². The van der Waals surface area contributed by atoms with Crippen LogP contribution in [0.3, 0.4) is 0 Å². The average molecular weight is 307 g/mol. The second-order valence-electron chi connectivity index (χ2n) is 7.15. The van der Waals surface area contributed by atoms with Crippen molar-refractivity contribution in [3.63, 3.8) is 0 Å². The van der Waals surface area contributed by atoms with Crippen molar-refractivity contribution in [1.29, 1.82) is 0 Å². The number of hydrogen-bond acceptors (Lipinski definition) is 1. The highest BCUT2D eigenvalue weighted by molar-refractivity contribution is 5.96. The minimum absolute atomic E-state index is 0.220. The monoisotopic (exact) mass is 307 g/mol. The Hall–Kier alpha value is -1.83. The molecule has 1 aromatic rings. The second kappa shape index (κ2) is 6.35. The molecular weight excluding hydrogens is 282 g/mol. The Kier molecular flexibility index (Phi) is 4.07. The van der Waals surface area contributed by atoms with Crippen molar-refractivity contribution in [3.8, 4) is 0 Å². The number of carbonyl (C=O) groups excluding carboxylic acids is 1. The molecule has 0 spiro atoms. The van der Waals surface area contributed by atoms with Gasteiger partial charge in [-0.05, 0) is 42.9 Å². The lowest BCUT2D eigenvalue weighted by Crippen LogP contribution is -2.37. The molecule has 0 bridgehead atoms. The standard InChI is InChI=1S/C21H25NO/c23-21(16-8-3-1-2-4-9-16)22-15-19-12-7-11-17(19)14-18-10-5-6-13-20(18)22/h5-7,10,12-13,16H,1-4,8-9,11,14-15H2. The zero-order valence-corrected chi connectivity index (χ0v) is 13.8. The smallest absolute Gasteiger partial charge is 0.230 e. The van der Waals surface area contributed by atoms with E-state index in [4.69, 9.17) is 0 Å². The average Bonchev–Trinajstić information content (AvgIpc) is 2.79. The summed E-state index contributed by atoms with van der Waals surface area (Å²) in [6.45, 7) is 0.762. The topological polar surface area (TPSA) is 20.3 Å². The van der Waals surface area contributed by atoms with Gasteiger partial charge in [-0.25, -0.2) is 0 Å². The van der Waals surface area contributed by atoms with Crippen LogP contribution in [-0.2, 0) is 11.2 Å². The highest BCUT2D eigenvalue weighted by Crippen LogP contribution is 2.35. The van der Waals surface area contributed by atoms with Gasteiger partial charge in [0, 0.05) is 11.6 Å². The molecule has 1 amide bonds. The molecule has 4 rings (SSSR count). The third-order valence-electron chi connectivity index (χ3n) is 5.62. The summed E-state index contributed by atoms with van der Waals surface area (Å²) in [4.78, 5) is 15.4. The van der Waals surface area contributed by atoms with Gasteiger partial charge in [-0.1, -0.05) is 61.6 Å². The largest absolute Gasteiger partial charge is 0.307 e. The number of nitrogens with zero attached hydrogens (tertiary/aromatic N) is 1. The van der Waals surface area contributed by atoms with E-state index in [1.807, 2.05) is 0 Å². The molecule has 0 atom stereocenters. The number of para-hydroxylation sites is 1. The number of carbonyl (C=O) groups is 1. The van der Waals surface area contributed by atoms with Crippen LogP contribution in [0, 0.1) is 5.92 Å². The predicted octanol–water partition coefficient (Wildman–Crippen LogP) is 4.80. The van der Waals surface area contributed by atoms with E-state index in [0.717, 1.165) is 37.9 Å². The molecule has 1 aliphatic heterocycles. The Morgan fingerprint density at radius 1 is 1.04 bits per heavy atom. The molecule has 2 aliphatic carbocycles. The fraction of sp³-hybridized carbons (Fsp3) is 0.476. The summed E-state index contributed by atoms with van der Waals surface area (Å²) in [6.07, 6.45) is 13.7. The van der Waals surface area contributed by atoms with Crippen LogP contribution in [-0.4, -0.2) is 12.5 Å². The van der Waals surface area contributed by atoms with Crippen LogP contribution >= 0.6 is 0 Å². The van der Waals surface area contributed by atoms with Crippen molar-refractivity contribution in [1.82, 2.24) is 0 Å². The molecule has 0 unspecified atom stereocenters. The van der Waals surface area contributed by atoms with Crippen LogP contribution in [0.1, 0.15) is 50.5 Å². The van der Waals surface area contributed by atoms with E-state index in [1.165, 1.54) is 42.4 Å². The van der Waals surface area contributed by atoms with Gasteiger partial charge in [-0.2, -0.15) is 0 Å². The van der Waals surface area contributed by atoms with Crippen molar-refractivity contribution in [2.24, 2.45) is 5.92 Å². The zero-order valence-electron chi connectivity index (χ0n) is 13.8. The lowest BCUT2D eigenvalue weighted by molar-refractivity contribution is -0.122. The van der Waals surface area contributed by atoms with E-state index in [0.29, 0.717) is 5.91 Å². The first-order valence-electron chi connectivity index (χ1n) is 9.09. The van der Waals surface area contributed by atoms with Gasteiger partial charge in [0.15, 0.2) is 0 Å². The van der Waals surface area contributed by atoms with E-state index in [2.05, 4.69) is 41.3 Å². The number of anilines is 1. The van der Waals surface area contributed by atoms with Crippen LogP contribution in [0.2, 0.25) is 0 Å². The number of fused-ring (bicyclic) bond motifs is 1. The van der Waals surface area contributed by atoms with Gasteiger partial charge in [-0.15, -0.1) is 0 Å². The number of allylic oxidation sites excluding steroid dienone is 2. The van der Waals surface area contributed by atoms with Crippen LogP contribution in [0.5, 0.6) is 0 Å². The summed E-state index contributed by atoms with van der Waals surface area (Å²) in [5.41, 5.74) is 5.31. The molecule has 2 nitrogen and oxygen atoms in total. The number of hydrogen-bond donors (Lipinski definition) is 0. The maximum atomic E-state index is 13.3. The first-order valence-corrected chi connectivity index (χ1v) is 9.09. The van der Waals surface area contributed by atoms with Gasteiger partial charge in [0.05, 0.1) is 6.54 Å². The molecule has 1 fully saturated rings. The van der Waals surface area contributed by atoms with Gasteiger partial charge in [0.2, 0.25) is 5.91 Å². The molecule has 0 radical (unpaired) electrons. The van der Waals surface area contributed by atoms with Crippen LogP contribution in [0.25, 0.3) is 0 Å². The molecule has 1 aromatic carbocycles. The zero-order chi connectivity index (χ0) is 15.6. The number of amides is 1. The van der Waals surface area contributed by atoms with Crippen LogP contribution in [0.15, 0.2) is 47.6 Å². The summed E-state index contributed by atoms with van der Waals surface area (Å²) >= 11 is 0. The highest BCUT2D eigenvalue weighted by atomic mass is 16.2.